The molecule has 3 aromatic heterocycles. The van der Waals surface area contributed by atoms with E-state index in [2.05, 4.69) is 36.1 Å². The molecular weight excluding hydrogens is 426 g/mol. The molecule has 1 aromatic carbocycles. The molecule has 1 fully saturated rings. The highest BCUT2D eigenvalue weighted by atomic mass is 16.5. The van der Waals surface area contributed by atoms with E-state index in [1.807, 2.05) is 31.3 Å². The number of rotatable bonds is 7. The van der Waals surface area contributed by atoms with Crippen LogP contribution in [0.1, 0.15) is 61.1 Å². The van der Waals surface area contributed by atoms with Crippen molar-refractivity contribution in [1.82, 2.24) is 19.7 Å². The number of aromatic nitrogens is 4. The number of pyridine rings is 1. The SMILES string of the molecule is CCC(CC)n1cc(-c2cnc(C)c(-c3cc(-c4cccc(C5(N)CC5)c4)no3)n2)ccc1=O.[HH].[HH].[HH]. The van der Waals surface area contributed by atoms with Crippen LogP contribution < -0.4 is 11.3 Å². The molecule has 7 heteroatoms. The van der Waals surface area contributed by atoms with Crippen LogP contribution in [0.15, 0.2) is 64.2 Å². The first-order valence-corrected chi connectivity index (χ1v) is 11.8. The number of aryl methyl sites for hydroxylation is 1. The first-order chi connectivity index (χ1) is 16.4. The van der Waals surface area contributed by atoms with Gasteiger partial charge in [0.25, 0.3) is 5.56 Å². The zero-order valence-corrected chi connectivity index (χ0v) is 19.8. The molecule has 0 amide bonds. The van der Waals surface area contributed by atoms with Crippen LogP contribution in [0.5, 0.6) is 0 Å². The van der Waals surface area contributed by atoms with Crippen LogP contribution in [0.3, 0.4) is 0 Å². The van der Waals surface area contributed by atoms with Gasteiger partial charge in [-0.2, -0.15) is 0 Å². The van der Waals surface area contributed by atoms with E-state index in [9.17, 15) is 4.79 Å². The molecular formula is C27H35N5O2. The Morgan fingerprint density at radius 3 is 2.65 bits per heavy atom. The Balaban J connectivity index is 0.00000160. The maximum absolute atomic E-state index is 12.4. The predicted octanol–water partition coefficient (Wildman–Crippen LogP) is 5.98. The van der Waals surface area contributed by atoms with Gasteiger partial charge in [0.2, 0.25) is 0 Å². The fourth-order valence-electron chi connectivity index (χ4n) is 4.38. The van der Waals surface area contributed by atoms with Crippen LogP contribution in [-0.4, -0.2) is 19.7 Å². The van der Waals surface area contributed by atoms with Crippen molar-refractivity contribution in [2.75, 3.05) is 0 Å². The van der Waals surface area contributed by atoms with Crippen molar-refractivity contribution < 1.29 is 8.80 Å². The van der Waals surface area contributed by atoms with Crippen molar-refractivity contribution in [3.63, 3.8) is 0 Å². The molecule has 34 heavy (non-hydrogen) atoms. The van der Waals surface area contributed by atoms with Crippen LogP contribution in [0, 0.1) is 6.92 Å². The Hall–Kier alpha value is -3.58. The van der Waals surface area contributed by atoms with Gasteiger partial charge in [-0.1, -0.05) is 37.2 Å². The Kier molecular flexibility index (Phi) is 5.65. The quantitative estimate of drug-likeness (QED) is 0.363. The highest BCUT2D eigenvalue weighted by Gasteiger charge is 2.40. The normalized spacial score (nSPS) is 14.5. The summed E-state index contributed by atoms with van der Waals surface area (Å²) in [6.45, 7) is 6.07. The molecule has 5 rings (SSSR count). The minimum absolute atomic E-state index is 0. The van der Waals surface area contributed by atoms with Crippen LogP contribution in [0.4, 0.5) is 0 Å². The molecule has 3 heterocycles. The van der Waals surface area contributed by atoms with Gasteiger partial charge in [-0.15, -0.1) is 0 Å². The van der Waals surface area contributed by atoms with E-state index in [0.717, 1.165) is 53.8 Å². The van der Waals surface area contributed by atoms with Crippen molar-refractivity contribution in [2.45, 2.75) is 58.0 Å². The van der Waals surface area contributed by atoms with Crippen molar-refractivity contribution >= 4 is 0 Å². The van der Waals surface area contributed by atoms with Gasteiger partial charge in [0.15, 0.2) is 5.76 Å². The average molecular weight is 462 g/mol. The Bertz CT molecular complexity index is 1410. The average Bonchev–Trinajstić information content (AvgIpc) is 3.42. The first kappa shape index (κ1) is 22.2. The molecule has 0 spiro atoms. The molecule has 0 bridgehead atoms. The number of hydrogen-bond donors (Lipinski definition) is 1. The van der Waals surface area contributed by atoms with E-state index in [0.29, 0.717) is 17.1 Å². The number of nitrogens with two attached hydrogens (primary N) is 1. The monoisotopic (exact) mass is 461 g/mol. The topological polar surface area (TPSA) is 99.8 Å². The lowest BCUT2D eigenvalue weighted by Gasteiger charge is -2.17. The van der Waals surface area contributed by atoms with E-state index < -0.39 is 0 Å². The van der Waals surface area contributed by atoms with Gasteiger partial charge in [-0.25, -0.2) is 4.98 Å². The third-order valence-electron chi connectivity index (χ3n) is 6.79. The van der Waals surface area contributed by atoms with Gasteiger partial charge >= 0.3 is 0 Å². The van der Waals surface area contributed by atoms with Crippen molar-refractivity contribution in [2.24, 2.45) is 5.73 Å². The van der Waals surface area contributed by atoms with Gasteiger partial charge in [-0.05, 0) is 50.3 Å². The summed E-state index contributed by atoms with van der Waals surface area (Å²) in [5.41, 5.74) is 11.9. The zero-order chi connectivity index (χ0) is 23.9. The predicted molar refractivity (Wildman–Crippen MR) is 138 cm³/mol. The maximum atomic E-state index is 12.4. The van der Waals surface area contributed by atoms with Gasteiger partial charge in [0.1, 0.15) is 11.4 Å². The van der Waals surface area contributed by atoms with E-state index >= 15 is 0 Å². The van der Waals surface area contributed by atoms with Crippen molar-refractivity contribution in [1.29, 1.82) is 0 Å². The number of nitrogens with zero attached hydrogens (tertiary/aromatic N) is 4. The summed E-state index contributed by atoms with van der Waals surface area (Å²) in [5, 5.41) is 4.29. The minimum Gasteiger partial charge on any atom is -0.354 e. The first-order valence-electron chi connectivity index (χ1n) is 11.8. The lowest BCUT2D eigenvalue weighted by molar-refractivity contribution is 0.433. The second kappa shape index (κ2) is 8.65. The fourth-order valence-corrected chi connectivity index (χ4v) is 4.38. The third kappa shape index (κ3) is 4.07. The van der Waals surface area contributed by atoms with E-state index in [-0.39, 0.29) is 21.4 Å². The molecule has 1 aliphatic rings. The Morgan fingerprint density at radius 2 is 1.91 bits per heavy atom. The van der Waals surface area contributed by atoms with Crippen molar-refractivity contribution in [3.8, 4) is 34.0 Å². The summed E-state index contributed by atoms with van der Waals surface area (Å²) in [6.07, 6.45) is 7.39. The van der Waals surface area contributed by atoms with Crippen molar-refractivity contribution in [3.05, 3.63) is 76.5 Å². The van der Waals surface area contributed by atoms with Gasteiger partial charge in [-0.3, -0.25) is 9.78 Å². The Morgan fingerprint density at radius 1 is 1.12 bits per heavy atom. The lowest BCUT2D eigenvalue weighted by Crippen LogP contribution is -2.23. The highest BCUT2D eigenvalue weighted by molar-refractivity contribution is 5.68. The van der Waals surface area contributed by atoms with Crippen LogP contribution >= 0.6 is 0 Å². The third-order valence-corrected chi connectivity index (χ3v) is 6.79. The van der Waals surface area contributed by atoms with Crippen LogP contribution in [0.25, 0.3) is 34.0 Å². The molecule has 0 aliphatic heterocycles. The summed E-state index contributed by atoms with van der Waals surface area (Å²) in [5.74, 6) is 0.550. The molecule has 0 atom stereocenters. The molecule has 4 aromatic rings. The second-order valence-electron chi connectivity index (χ2n) is 9.14. The highest BCUT2D eigenvalue weighted by Crippen LogP contribution is 2.43. The Labute approximate surface area is 203 Å². The van der Waals surface area contributed by atoms with Gasteiger partial charge in [0.05, 0.1) is 17.6 Å². The smallest absolute Gasteiger partial charge is 0.250 e. The molecule has 0 unspecified atom stereocenters. The van der Waals surface area contributed by atoms with E-state index in [1.165, 1.54) is 0 Å². The largest absolute Gasteiger partial charge is 0.354 e. The van der Waals surface area contributed by atoms with E-state index in [4.69, 9.17) is 15.2 Å². The summed E-state index contributed by atoms with van der Waals surface area (Å²) in [6, 6.07) is 13.6. The molecule has 0 saturated heterocycles. The zero-order valence-electron chi connectivity index (χ0n) is 19.8. The van der Waals surface area contributed by atoms with E-state index in [1.54, 1.807) is 22.9 Å². The maximum Gasteiger partial charge on any atom is 0.250 e. The van der Waals surface area contributed by atoms with Crippen LogP contribution in [0.2, 0.25) is 0 Å². The summed E-state index contributed by atoms with van der Waals surface area (Å²) in [4.78, 5) is 21.8. The molecule has 2 N–H and O–H groups in total. The molecule has 1 aliphatic carbocycles. The number of hydrogen-bond acceptors (Lipinski definition) is 6. The fraction of sp³-hybridized carbons (Fsp3) is 0.333. The molecule has 7 nitrogen and oxygen atoms in total. The molecule has 180 valence electrons. The van der Waals surface area contributed by atoms with Gasteiger partial charge in [0, 0.05) is 45.3 Å². The lowest BCUT2D eigenvalue weighted by atomic mass is 10.0. The summed E-state index contributed by atoms with van der Waals surface area (Å²) >= 11 is 0. The number of benzene rings is 1. The van der Waals surface area contributed by atoms with Crippen LogP contribution in [-0.2, 0) is 5.54 Å². The standard InChI is InChI=1S/C27H29N5O2.3H2/c1-4-21(5-2)32-16-19(9-10-25(32)33)23-15-29-17(3)26(30-23)24-14-22(31-34-24)18-7-6-8-20(13-18)27(28)11-12-27;;;/h6-10,13-16,21H,4-5,11-12,28H2,1-3H3;3*1H. The summed E-state index contributed by atoms with van der Waals surface area (Å²) in [7, 11) is 0. The second-order valence-corrected chi connectivity index (χ2v) is 9.14. The minimum atomic E-state index is -0.204. The van der Waals surface area contributed by atoms with Gasteiger partial charge < -0.3 is 14.8 Å². The molecule has 0 radical (unpaired) electrons. The molecule has 1 saturated carbocycles. The summed E-state index contributed by atoms with van der Waals surface area (Å²) < 4.78 is 7.49.